The molecule has 1 amide bonds. The van der Waals surface area contributed by atoms with Crippen LogP contribution >= 0.6 is 0 Å². The Morgan fingerprint density at radius 2 is 2.00 bits per heavy atom. The number of aromatic nitrogens is 2. The number of rotatable bonds is 5. The predicted molar refractivity (Wildman–Crippen MR) is 121 cm³/mol. The summed E-state index contributed by atoms with van der Waals surface area (Å²) in [5.41, 5.74) is 2.76. The lowest BCUT2D eigenvalue weighted by Gasteiger charge is -2.27. The third-order valence-electron chi connectivity index (χ3n) is 6.37. The second-order valence-corrected chi connectivity index (χ2v) is 8.47. The summed E-state index contributed by atoms with van der Waals surface area (Å²) >= 11 is 0. The number of likely N-dealkylation sites (tertiary alicyclic amines) is 1. The normalized spacial score (nSPS) is 17.7. The van der Waals surface area contributed by atoms with E-state index in [-0.39, 0.29) is 17.5 Å². The van der Waals surface area contributed by atoms with Gasteiger partial charge in [0.1, 0.15) is 13.2 Å². The minimum Gasteiger partial charge on any atom is -0.486 e. The van der Waals surface area contributed by atoms with E-state index in [0.29, 0.717) is 38.0 Å². The van der Waals surface area contributed by atoms with E-state index in [0.717, 1.165) is 47.5 Å². The molecule has 0 spiro atoms. The molecule has 0 N–H and O–H groups in total. The van der Waals surface area contributed by atoms with Gasteiger partial charge in [0.25, 0.3) is 5.56 Å². The Kier molecular flexibility index (Phi) is 5.55. The van der Waals surface area contributed by atoms with E-state index in [1.807, 2.05) is 48.2 Å². The molecule has 2 aromatic carbocycles. The zero-order valence-electron chi connectivity index (χ0n) is 18.3. The van der Waals surface area contributed by atoms with Crippen LogP contribution in [-0.4, -0.2) is 40.1 Å². The average molecular weight is 434 g/mol. The standard InChI is InChI=1S/C25H27N3O4/c1-17-5-2-6-19-24(17)26-16-27(25(19)30)11-4-8-23(29)28-12-3-7-20(28)18-9-10-21-22(15-18)32-14-13-31-21/h2,5-6,9-10,15-16,20H,3-4,7-8,11-14H2,1H3/t20-/m0/s1. The number of carbonyl (C=O) groups is 1. The van der Waals surface area contributed by atoms with Crippen LogP contribution in [0.15, 0.2) is 47.5 Å². The highest BCUT2D eigenvalue weighted by Gasteiger charge is 2.30. The van der Waals surface area contributed by atoms with Gasteiger partial charge in [-0.3, -0.25) is 14.2 Å². The first-order valence-corrected chi connectivity index (χ1v) is 11.3. The molecule has 2 aliphatic heterocycles. The SMILES string of the molecule is Cc1cccc2c(=O)n(CCCC(=O)N3CCC[C@H]3c3ccc4c(c3)OCCO4)cnc12. The fourth-order valence-corrected chi connectivity index (χ4v) is 4.72. The first-order chi connectivity index (χ1) is 15.6. The number of nitrogens with zero attached hydrogens (tertiary/aromatic N) is 3. The second kappa shape index (κ2) is 8.65. The maximum absolute atomic E-state index is 13.0. The van der Waals surface area contributed by atoms with Gasteiger partial charge in [-0.2, -0.15) is 0 Å². The summed E-state index contributed by atoms with van der Waals surface area (Å²) in [5, 5.41) is 0.622. The number of hydrogen-bond acceptors (Lipinski definition) is 5. The first kappa shape index (κ1) is 20.5. The highest BCUT2D eigenvalue weighted by Crippen LogP contribution is 2.38. The number of amides is 1. The molecule has 0 aliphatic carbocycles. The molecule has 1 saturated heterocycles. The molecule has 3 aromatic rings. The molecular formula is C25H27N3O4. The predicted octanol–water partition coefficient (Wildman–Crippen LogP) is 3.62. The summed E-state index contributed by atoms with van der Waals surface area (Å²) in [6.45, 7) is 4.30. The third-order valence-corrected chi connectivity index (χ3v) is 6.37. The number of ether oxygens (including phenoxy) is 2. The van der Waals surface area contributed by atoms with Gasteiger partial charge in [-0.1, -0.05) is 18.2 Å². The molecule has 32 heavy (non-hydrogen) atoms. The molecule has 0 radical (unpaired) electrons. The lowest BCUT2D eigenvalue weighted by Crippen LogP contribution is -2.31. The largest absolute Gasteiger partial charge is 0.486 e. The van der Waals surface area contributed by atoms with Crippen LogP contribution in [0.4, 0.5) is 0 Å². The van der Waals surface area contributed by atoms with Crippen molar-refractivity contribution in [3.8, 4) is 11.5 Å². The highest BCUT2D eigenvalue weighted by atomic mass is 16.6. The van der Waals surface area contributed by atoms with E-state index in [4.69, 9.17) is 9.47 Å². The molecule has 2 aliphatic rings. The number of carbonyl (C=O) groups excluding carboxylic acids is 1. The van der Waals surface area contributed by atoms with Gasteiger partial charge in [0.2, 0.25) is 5.91 Å². The molecule has 7 nitrogen and oxygen atoms in total. The second-order valence-electron chi connectivity index (χ2n) is 8.47. The monoisotopic (exact) mass is 433 g/mol. The van der Waals surface area contributed by atoms with Crippen LogP contribution in [0.5, 0.6) is 11.5 Å². The molecule has 0 bridgehead atoms. The Balaban J connectivity index is 1.25. The van der Waals surface area contributed by atoms with Gasteiger partial charge in [-0.25, -0.2) is 4.98 Å². The fraction of sp³-hybridized carbons (Fsp3) is 0.400. The summed E-state index contributed by atoms with van der Waals surface area (Å²) in [5.74, 6) is 1.65. The minimum absolute atomic E-state index is 0.0542. The molecule has 0 unspecified atom stereocenters. The van der Waals surface area contributed by atoms with Crippen LogP contribution in [0.25, 0.3) is 10.9 Å². The summed E-state index contributed by atoms with van der Waals surface area (Å²) < 4.78 is 12.9. The summed E-state index contributed by atoms with van der Waals surface area (Å²) in [6.07, 6.45) is 4.52. The highest BCUT2D eigenvalue weighted by molar-refractivity contribution is 5.80. The van der Waals surface area contributed by atoms with Crippen LogP contribution in [0.2, 0.25) is 0 Å². The van der Waals surface area contributed by atoms with Crippen LogP contribution in [-0.2, 0) is 11.3 Å². The molecule has 1 aromatic heterocycles. The van der Waals surface area contributed by atoms with Gasteiger partial charge in [0.05, 0.1) is 23.3 Å². The van der Waals surface area contributed by atoms with Crippen LogP contribution in [0, 0.1) is 6.92 Å². The van der Waals surface area contributed by atoms with Crippen LogP contribution in [0.1, 0.15) is 42.9 Å². The molecule has 1 atom stereocenters. The number of fused-ring (bicyclic) bond motifs is 2. The Morgan fingerprint density at radius 3 is 2.88 bits per heavy atom. The molecule has 0 saturated carbocycles. The van der Waals surface area contributed by atoms with Crippen molar-refractivity contribution in [1.82, 2.24) is 14.5 Å². The van der Waals surface area contributed by atoms with Crippen molar-refractivity contribution in [2.45, 2.75) is 45.2 Å². The quantitative estimate of drug-likeness (QED) is 0.615. The van der Waals surface area contributed by atoms with E-state index in [9.17, 15) is 9.59 Å². The van der Waals surface area contributed by atoms with Crippen molar-refractivity contribution in [1.29, 1.82) is 0 Å². The number of aryl methyl sites for hydroxylation is 2. The topological polar surface area (TPSA) is 73.7 Å². The van der Waals surface area contributed by atoms with Gasteiger partial charge < -0.3 is 14.4 Å². The van der Waals surface area contributed by atoms with Crippen LogP contribution < -0.4 is 15.0 Å². The zero-order chi connectivity index (χ0) is 22.1. The number of para-hydroxylation sites is 1. The van der Waals surface area contributed by atoms with E-state index >= 15 is 0 Å². The third kappa shape index (κ3) is 3.83. The number of benzene rings is 2. The van der Waals surface area contributed by atoms with Crippen molar-refractivity contribution >= 4 is 16.8 Å². The summed E-state index contributed by atoms with van der Waals surface area (Å²) in [4.78, 5) is 32.2. The molecular weight excluding hydrogens is 406 g/mol. The smallest absolute Gasteiger partial charge is 0.261 e. The van der Waals surface area contributed by atoms with Gasteiger partial charge in [-0.05, 0) is 55.5 Å². The van der Waals surface area contributed by atoms with Crippen molar-refractivity contribution in [2.75, 3.05) is 19.8 Å². The Labute approximate surface area is 186 Å². The minimum atomic E-state index is -0.0542. The maximum Gasteiger partial charge on any atom is 0.261 e. The van der Waals surface area contributed by atoms with E-state index < -0.39 is 0 Å². The Morgan fingerprint density at radius 1 is 1.16 bits per heavy atom. The van der Waals surface area contributed by atoms with Crippen molar-refractivity contribution in [3.63, 3.8) is 0 Å². The first-order valence-electron chi connectivity index (χ1n) is 11.3. The lowest BCUT2D eigenvalue weighted by molar-refractivity contribution is -0.132. The lowest BCUT2D eigenvalue weighted by atomic mass is 10.0. The molecule has 3 heterocycles. The van der Waals surface area contributed by atoms with Gasteiger partial charge in [0.15, 0.2) is 11.5 Å². The van der Waals surface area contributed by atoms with E-state index in [1.165, 1.54) is 0 Å². The summed E-state index contributed by atoms with van der Waals surface area (Å²) in [7, 11) is 0. The number of hydrogen-bond donors (Lipinski definition) is 0. The zero-order valence-corrected chi connectivity index (χ0v) is 18.3. The molecule has 7 heteroatoms. The van der Waals surface area contributed by atoms with Crippen molar-refractivity contribution < 1.29 is 14.3 Å². The Hall–Kier alpha value is -3.35. The van der Waals surface area contributed by atoms with Crippen molar-refractivity contribution in [3.05, 3.63) is 64.2 Å². The van der Waals surface area contributed by atoms with Gasteiger partial charge in [-0.15, -0.1) is 0 Å². The van der Waals surface area contributed by atoms with Gasteiger partial charge >= 0.3 is 0 Å². The van der Waals surface area contributed by atoms with E-state index in [1.54, 1.807) is 10.9 Å². The van der Waals surface area contributed by atoms with Crippen molar-refractivity contribution in [2.24, 2.45) is 0 Å². The molecule has 5 rings (SSSR count). The van der Waals surface area contributed by atoms with Gasteiger partial charge in [0, 0.05) is 19.5 Å². The summed E-state index contributed by atoms with van der Waals surface area (Å²) in [6, 6.07) is 11.7. The van der Waals surface area contributed by atoms with Crippen LogP contribution in [0.3, 0.4) is 0 Å². The molecule has 166 valence electrons. The fourth-order valence-electron chi connectivity index (χ4n) is 4.72. The Bertz CT molecular complexity index is 1220. The average Bonchev–Trinajstić information content (AvgIpc) is 3.31. The maximum atomic E-state index is 13.0. The molecule has 1 fully saturated rings. The van der Waals surface area contributed by atoms with E-state index in [2.05, 4.69) is 4.98 Å².